The molecule has 156 valence electrons. The quantitative estimate of drug-likeness (QED) is 0.725. The van der Waals surface area contributed by atoms with E-state index >= 15 is 0 Å². The number of carbonyl (C=O) groups is 1. The number of hydrogen-bond donors (Lipinski definition) is 1. The molecule has 7 nitrogen and oxygen atoms in total. The highest BCUT2D eigenvalue weighted by Gasteiger charge is 2.29. The van der Waals surface area contributed by atoms with Gasteiger partial charge in [-0.1, -0.05) is 32.0 Å². The number of aromatic nitrogens is 3. The molecule has 0 radical (unpaired) electrons. The molecule has 4 heterocycles. The average Bonchev–Trinajstić information content (AvgIpc) is 3.22. The first kappa shape index (κ1) is 19.1. The molecule has 1 saturated heterocycles. The number of para-hydroxylation sites is 1. The van der Waals surface area contributed by atoms with Gasteiger partial charge in [-0.2, -0.15) is 0 Å². The number of benzene rings is 1. The Morgan fingerprint density at radius 3 is 2.73 bits per heavy atom. The maximum absolute atomic E-state index is 12.6. The summed E-state index contributed by atoms with van der Waals surface area (Å²) in [7, 11) is 0. The Kier molecular flexibility index (Phi) is 4.90. The number of fused-ring (bicyclic) bond motifs is 2. The Morgan fingerprint density at radius 2 is 1.93 bits per heavy atom. The van der Waals surface area contributed by atoms with Gasteiger partial charge in [-0.3, -0.25) is 4.79 Å². The van der Waals surface area contributed by atoms with Crippen molar-refractivity contribution in [1.29, 1.82) is 0 Å². The number of nitrogens with zero attached hydrogens (tertiary/aromatic N) is 4. The summed E-state index contributed by atoms with van der Waals surface area (Å²) in [6, 6.07) is 8.30. The minimum absolute atomic E-state index is 0.0137. The van der Waals surface area contributed by atoms with Crippen LogP contribution < -0.4 is 4.90 Å². The van der Waals surface area contributed by atoms with Crippen LogP contribution in [-0.4, -0.2) is 58.6 Å². The fraction of sp³-hybridized carbons (Fsp3) is 0.435. The third-order valence-corrected chi connectivity index (χ3v) is 6.00. The van der Waals surface area contributed by atoms with Crippen molar-refractivity contribution in [2.24, 2.45) is 5.92 Å². The minimum Gasteiger partial charge on any atom is -0.378 e. The van der Waals surface area contributed by atoms with Gasteiger partial charge in [-0.05, 0) is 12.5 Å². The predicted octanol–water partition coefficient (Wildman–Crippen LogP) is 3.00. The predicted molar refractivity (Wildman–Crippen MR) is 116 cm³/mol. The minimum atomic E-state index is -0.0137. The van der Waals surface area contributed by atoms with E-state index < -0.39 is 0 Å². The lowest BCUT2D eigenvalue weighted by molar-refractivity contribution is -0.135. The molecule has 1 fully saturated rings. The van der Waals surface area contributed by atoms with Gasteiger partial charge < -0.3 is 19.5 Å². The summed E-state index contributed by atoms with van der Waals surface area (Å²) in [6.07, 6.45) is 2.81. The number of anilines is 1. The number of rotatable bonds is 3. The highest BCUT2D eigenvalue weighted by Crippen LogP contribution is 2.34. The summed E-state index contributed by atoms with van der Waals surface area (Å²) in [5.41, 5.74) is 5.30. The summed E-state index contributed by atoms with van der Waals surface area (Å²) >= 11 is 0. The third-order valence-electron chi connectivity index (χ3n) is 6.00. The Morgan fingerprint density at radius 1 is 1.13 bits per heavy atom. The van der Waals surface area contributed by atoms with Gasteiger partial charge in [0.25, 0.3) is 0 Å². The van der Waals surface area contributed by atoms with Gasteiger partial charge in [-0.15, -0.1) is 0 Å². The zero-order valence-corrected chi connectivity index (χ0v) is 17.5. The van der Waals surface area contributed by atoms with Crippen molar-refractivity contribution >= 4 is 22.8 Å². The van der Waals surface area contributed by atoms with E-state index in [-0.39, 0.29) is 11.8 Å². The number of nitrogens with one attached hydrogen (secondary N) is 1. The number of morpholine rings is 1. The summed E-state index contributed by atoms with van der Waals surface area (Å²) in [5, 5.41) is 1.16. The van der Waals surface area contributed by atoms with E-state index in [2.05, 4.69) is 28.1 Å². The van der Waals surface area contributed by atoms with E-state index in [0.717, 1.165) is 58.9 Å². The Hall–Kier alpha value is -2.93. The molecule has 0 bridgehead atoms. The molecule has 1 aromatic carbocycles. The first-order valence-electron chi connectivity index (χ1n) is 10.7. The first-order chi connectivity index (χ1) is 14.6. The second-order valence-corrected chi connectivity index (χ2v) is 8.31. The van der Waals surface area contributed by atoms with Crippen molar-refractivity contribution in [3.63, 3.8) is 0 Å². The number of amides is 1. The molecule has 0 atom stereocenters. The summed E-state index contributed by atoms with van der Waals surface area (Å²) in [5.74, 6) is 0.900. The Labute approximate surface area is 176 Å². The molecule has 5 rings (SSSR count). The van der Waals surface area contributed by atoms with Gasteiger partial charge >= 0.3 is 0 Å². The summed E-state index contributed by atoms with van der Waals surface area (Å²) in [6.45, 7) is 8.08. The molecule has 0 saturated carbocycles. The van der Waals surface area contributed by atoms with Gasteiger partial charge in [0.15, 0.2) is 0 Å². The van der Waals surface area contributed by atoms with Crippen LogP contribution in [0.15, 0.2) is 30.5 Å². The van der Waals surface area contributed by atoms with E-state index in [9.17, 15) is 4.79 Å². The molecule has 2 aliphatic heterocycles. The SMILES string of the molecule is CC(C)C(=O)N1CCc2c(nc(N3CCOCC3)nc2-c2c[nH]c3ccccc23)C1. The summed E-state index contributed by atoms with van der Waals surface area (Å²) < 4.78 is 5.51. The second-order valence-electron chi connectivity index (χ2n) is 8.31. The van der Waals surface area contributed by atoms with Gasteiger partial charge in [0.2, 0.25) is 11.9 Å². The monoisotopic (exact) mass is 405 g/mol. The number of H-pyrrole nitrogens is 1. The highest BCUT2D eigenvalue weighted by molar-refractivity contribution is 5.95. The van der Waals surface area contributed by atoms with Crippen molar-refractivity contribution < 1.29 is 9.53 Å². The molecule has 2 aliphatic rings. The standard InChI is InChI=1S/C23H27N5O2/c1-15(2)22(29)28-8-7-17-20(14-28)25-23(27-9-11-30-12-10-27)26-21(17)18-13-24-19-6-4-3-5-16(18)19/h3-6,13,15,24H,7-12,14H2,1-2H3. The Balaban J connectivity index is 1.63. The molecule has 0 spiro atoms. The number of ether oxygens (including phenoxy) is 1. The molecule has 1 N–H and O–H groups in total. The molecular formula is C23H27N5O2. The maximum Gasteiger partial charge on any atom is 0.226 e. The molecule has 2 aromatic heterocycles. The van der Waals surface area contributed by atoms with Crippen LogP contribution in [0.4, 0.5) is 5.95 Å². The van der Waals surface area contributed by atoms with E-state index in [4.69, 9.17) is 14.7 Å². The third kappa shape index (κ3) is 3.33. The number of aromatic amines is 1. The smallest absolute Gasteiger partial charge is 0.226 e. The van der Waals surface area contributed by atoms with Crippen molar-refractivity contribution in [1.82, 2.24) is 19.9 Å². The van der Waals surface area contributed by atoms with Crippen LogP contribution in [0.3, 0.4) is 0 Å². The lowest BCUT2D eigenvalue weighted by Crippen LogP contribution is -2.41. The van der Waals surface area contributed by atoms with E-state index in [1.54, 1.807) is 0 Å². The topological polar surface area (TPSA) is 74.3 Å². The van der Waals surface area contributed by atoms with Crippen molar-refractivity contribution in [2.75, 3.05) is 37.7 Å². The second kappa shape index (κ2) is 7.72. The van der Waals surface area contributed by atoms with Gasteiger partial charge in [0, 0.05) is 53.8 Å². The van der Waals surface area contributed by atoms with Crippen molar-refractivity contribution in [3.05, 3.63) is 41.7 Å². The molecule has 7 heteroatoms. The van der Waals surface area contributed by atoms with Crippen LogP contribution in [-0.2, 0) is 22.5 Å². The molecule has 30 heavy (non-hydrogen) atoms. The van der Waals surface area contributed by atoms with Crippen molar-refractivity contribution in [2.45, 2.75) is 26.8 Å². The van der Waals surface area contributed by atoms with Crippen molar-refractivity contribution in [3.8, 4) is 11.3 Å². The lowest BCUT2D eigenvalue weighted by atomic mass is 9.97. The summed E-state index contributed by atoms with van der Waals surface area (Å²) in [4.78, 5) is 30.1. The highest BCUT2D eigenvalue weighted by atomic mass is 16.5. The van der Waals surface area contributed by atoms with Gasteiger partial charge in [0.1, 0.15) is 0 Å². The fourth-order valence-electron chi connectivity index (χ4n) is 4.37. The zero-order valence-electron chi connectivity index (χ0n) is 17.5. The van der Waals surface area contributed by atoms with Crippen LogP contribution in [0.2, 0.25) is 0 Å². The molecule has 0 aliphatic carbocycles. The van der Waals surface area contributed by atoms with Crippen LogP contribution in [0.25, 0.3) is 22.2 Å². The average molecular weight is 406 g/mol. The Bertz CT molecular complexity index is 1080. The number of carbonyl (C=O) groups excluding carboxylic acids is 1. The van der Waals surface area contributed by atoms with E-state index in [1.807, 2.05) is 31.0 Å². The van der Waals surface area contributed by atoms with Crippen LogP contribution in [0.5, 0.6) is 0 Å². The molecule has 3 aromatic rings. The zero-order chi connectivity index (χ0) is 20.7. The number of hydrogen-bond acceptors (Lipinski definition) is 5. The van der Waals surface area contributed by atoms with Gasteiger partial charge in [0.05, 0.1) is 31.1 Å². The normalized spacial score (nSPS) is 16.9. The van der Waals surface area contributed by atoms with Gasteiger partial charge in [-0.25, -0.2) is 9.97 Å². The molecule has 0 unspecified atom stereocenters. The van der Waals surface area contributed by atoms with Crippen LogP contribution in [0.1, 0.15) is 25.1 Å². The van der Waals surface area contributed by atoms with E-state index in [1.165, 1.54) is 0 Å². The fourth-order valence-corrected chi connectivity index (χ4v) is 4.37. The largest absolute Gasteiger partial charge is 0.378 e. The van der Waals surface area contributed by atoms with Crippen LogP contribution >= 0.6 is 0 Å². The van der Waals surface area contributed by atoms with E-state index in [0.29, 0.717) is 26.3 Å². The molecule has 1 amide bonds. The maximum atomic E-state index is 12.6. The lowest BCUT2D eigenvalue weighted by Gasteiger charge is -2.32. The molecular weight excluding hydrogens is 378 g/mol. The first-order valence-corrected chi connectivity index (χ1v) is 10.7. The van der Waals surface area contributed by atoms with Crippen LogP contribution in [0, 0.1) is 5.92 Å².